The molecule has 1 aromatic carbocycles. The second-order valence-electron chi connectivity index (χ2n) is 4.29. The molecule has 7 heteroatoms. The Labute approximate surface area is 116 Å². The molecular formula is C12H14ClN3O2S. The molecular weight excluding hydrogens is 286 g/mol. The SMILES string of the molecule is Cc1[nH]ncc1CNc1cc(S(C)(=O)=O)ccc1Cl. The zero-order chi connectivity index (χ0) is 14.0. The number of benzene rings is 1. The third kappa shape index (κ3) is 3.27. The van der Waals surface area contributed by atoms with E-state index in [9.17, 15) is 8.42 Å². The lowest BCUT2D eigenvalue weighted by atomic mass is 10.2. The van der Waals surface area contributed by atoms with E-state index in [4.69, 9.17) is 11.6 Å². The van der Waals surface area contributed by atoms with E-state index in [1.807, 2.05) is 6.92 Å². The predicted molar refractivity (Wildman–Crippen MR) is 75.2 cm³/mol. The molecule has 0 aliphatic carbocycles. The van der Waals surface area contributed by atoms with Gasteiger partial charge in [0.15, 0.2) is 9.84 Å². The largest absolute Gasteiger partial charge is 0.380 e. The smallest absolute Gasteiger partial charge is 0.175 e. The maximum absolute atomic E-state index is 11.5. The van der Waals surface area contributed by atoms with Crippen molar-refractivity contribution in [3.63, 3.8) is 0 Å². The first-order valence-corrected chi connectivity index (χ1v) is 7.87. The Bertz CT molecular complexity index is 695. The molecule has 0 radical (unpaired) electrons. The van der Waals surface area contributed by atoms with E-state index in [1.165, 1.54) is 18.4 Å². The Morgan fingerprint density at radius 2 is 2.16 bits per heavy atom. The summed E-state index contributed by atoms with van der Waals surface area (Å²) in [5, 5.41) is 10.3. The summed E-state index contributed by atoms with van der Waals surface area (Å²) < 4.78 is 23.0. The molecule has 0 amide bonds. The normalized spacial score (nSPS) is 11.5. The Hall–Kier alpha value is -1.53. The summed E-state index contributed by atoms with van der Waals surface area (Å²) in [7, 11) is -3.24. The number of hydrogen-bond donors (Lipinski definition) is 2. The number of halogens is 1. The Balaban J connectivity index is 2.23. The molecule has 2 aromatic rings. The number of anilines is 1. The monoisotopic (exact) mass is 299 g/mol. The van der Waals surface area contributed by atoms with Crippen molar-refractivity contribution in [2.45, 2.75) is 18.4 Å². The highest BCUT2D eigenvalue weighted by Crippen LogP contribution is 2.25. The molecule has 0 bridgehead atoms. The fraction of sp³-hybridized carbons (Fsp3) is 0.250. The molecule has 19 heavy (non-hydrogen) atoms. The molecule has 0 saturated carbocycles. The molecule has 0 atom stereocenters. The molecule has 0 aliphatic rings. The second-order valence-corrected chi connectivity index (χ2v) is 6.71. The number of rotatable bonds is 4. The van der Waals surface area contributed by atoms with Gasteiger partial charge in [-0.3, -0.25) is 5.10 Å². The van der Waals surface area contributed by atoms with Gasteiger partial charge in [-0.15, -0.1) is 0 Å². The molecule has 0 aliphatic heterocycles. The van der Waals surface area contributed by atoms with Crippen LogP contribution in [0.5, 0.6) is 0 Å². The van der Waals surface area contributed by atoms with Crippen molar-refractivity contribution in [2.24, 2.45) is 0 Å². The fourth-order valence-electron chi connectivity index (χ4n) is 1.61. The van der Waals surface area contributed by atoms with E-state index in [2.05, 4.69) is 15.5 Å². The van der Waals surface area contributed by atoms with Crippen LogP contribution < -0.4 is 5.32 Å². The summed E-state index contributed by atoms with van der Waals surface area (Å²) >= 11 is 6.05. The standard InChI is InChI=1S/C12H14ClN3O2S/c1-8-9(7-15-16-8)6-14-12-5-10(19(2,17)18)3-4-11(12)13/h3-5,7,14H,6H2,1-2H3,(H,15,16). The van der Waals surface area contributed by atoms with Gasteiger partial charge >= 0.3 is 0 Å². The lowest BCUT2D eigenvalue weighted by molar-refractivity contribution is 0.602. The molecule has 102 valence electrons. The first-order chi connectivity index (χ1) is 8.88. The van der Waals surface area contributed by atoms with Gasteiger partial charge in [0, 0.05) is 24.1 Å². The van der Waals surface area contributed by atoms with Gasteiger partial charge in [-0.25, -0.2) is 8.42 Å². The molecule has 0 spiro atoms. The number of hydrogen-bond acceptors (Lipinski definition) is 4. The summed E-state index contributed by atoms with van der Waals surface area (Å²) in [4.78, 5) is 0.239. The van der Waals surface area contributed by atoms with Crippen molar-refractivity contribution in [1.29, 1.82) is 0 Å². The number of H-pyrrole nitrogens is 1. The third-order valence-corrected chi connectivity index (χ3v) is 4.21. The van der Waals surface area contributed by atoms with Gasteiger partial charge in [0.05, 0.1) is 21.8 Å². The summed E-state index contributed by atoms with van der Waals surface area (Å²) in [6.07, 6.45) is 2.89. The van der Waals surface area contributed by atoms with Crippen molar-refractivity contribution in [3.8, 4) is 0 Å². The topological polar surface area (TPSA) is 74.8 Å². The zero-order valence-electron chi connectivity index (χ0n) is 10.6. The maximum Gasteiger partial charge on any atom is 0.175 e. The molecule has 1 heterocycles. The van der Waals surface area contributed by atoms with Crippen LogP contribution in [0.15, 0.2) is 29.3 Å². The maximum atomic E-state index is 11.5. The van der Waals surface area contributed by atoms with Gasteiger partial charge in [0.2, 0.25) is 0 Å². The summed E-state index contributed by atoms with van der Waals surface area (Å²) in [5.41, 5.74) is 2.55. The van der Waals surface area contributed by atoms with Gasteiger partial charge in [-0.2, -0.15) is 5.10 Å². The van der Waals surface area contributed by atoms with Crippen LogP contribution in [-0.4, -0.2) is 24.9 Å². The lowest BCUT2D eigenvalue weighted by Crippen LogP contribution is -2.03. The molecule has 0 fully saturated rings. The first kappa shape index (κ1) is 13.9. The second kappa shape index (κ2) is 5.22. The highest BCUT2D eigenvalue weighted by Gasteiger charge is 2.10. The lowest BCUT2D eigenvalue weighted by Gasteiger charge is -2.09. The number of sulfone groups is 1. The van der Waals surface area contributed by atoms with Gasteiger partial charge in [0.1, 0.15) is 0 Å². The van der Waals surface area contributed by atoms with Gasteiger partial charge in [-0.1, -0.05) is 11.6 Å². The van der Waals surface area contributed by atoms with Crippen LogP contribution >= 0.6 is 11.6 Å². The van der Waals surface area contributed by atoms with Gasteiger partial charge < -0.3 is 5.32 Å². The van der Waals surface area contributed by atoms with Crippen LogP contribution in [0.2, 0.25) is 5.02 Å². The quantitative estimate of drug-likeness (QED) is 0.909. The molecule has 2 N–H and O–H groups in total. The van der Waals surface area contributed by atoms with E-state index >= 15 is 0 Å². The fourth-order valence-corrected chi connectivity index (χ4v) is 2.45. The van der Waals surface area contributed by atoms with E-state index in [0.717, 1.165) is 11.3 Å². The summed E-state index contributed by atoms with van der Waals surface area (Å²) in [6.45, 7) is 2.44. The van der Waals surface area contributed by atoms with Gasteiger partial charge in [0.25, 0.3) is 0 Å². The molecule has 0 saturated heterocycles. The van der Waals surface area contributed by atoms with Gasteiger partial charge in [-0.05, 0) is 25.1 Å². The zero-order valence-corrected chi connectivity index (χ0v) is 12.1. The number of aromatic nitrogens is 2. The summed E-state index contributed by atoms with van der Waals surface area (Å²) in [6, 6.07) is 4.60. The van der Waals surface area contributed by atoms with Crippen molar-refractivity contribution in [3.05, 3.63) is 40.7 Å². The Morgan fingerprint density at radius 3 is 2.74 bits per heavy atom. The van der Waals surface area contributed by atoms with E-state index in [1.54, 1.807) is 12.3 Å². The van der Waals surface area contributed by atoms with Crippen LogP contribution in [-0.2, 0) is 16.4 Å². The van der Waals surface area contributed by atoms with Crippen molar-refractivity contribution in [2.75, 3.05) is 11.6 Å². The van der Waals surface area contributed by atoms with Crippen molar-refractivity contribution >= 4 is 27.1 Å². The minimum absolute atomic E-state index is 0.239. The average molecular weight is 300 g/mol. The number of aromatic amines is 1. The number of aryl methyl sites for hydroxylation is 1. The Kier molecular flexibility index (Phi) is 3.82. The summed E-state index contributed by atoms with van der Waals surface area (Å²) in [5.74, 6) is 0. The molecule has 5 nitrogen and oxygen atoms in total. The van der Waals surface area contributed by atoms with Crippen LogP contribution in [0, 0.1) is 6.92 Å². The van der Waals surface area contributed by atoms with Crippen molar-refractivity contribution in [1.82, 2.24) is 10.2 Å². The minimum atomic E-state index is -3.24. The van der Waals surface area contributed by atoms with E-state index in [-0.39, 0.29) is 4.90 Å². The first-order valence-electron chi connectivity index (χ1n) is 5.60. The Morgan fingerprint density at radius 1 is 1.42 bits per heavy atom. The highest BCUT2D eigenvalue weighted by molar-refractivity contribution is 7.90. The minimum Gasteiger partial charge on any atom is -0.380 e. The van der Waals surface area contributed by atoms with E-state index in [0.29, 0.717) is 17.3 Å². The van der Waals surface area contributed by atoms with Crippen molar-refractivity contribution < 1.29 is 8.42 Å². The average Bonchev–Trinajstić information content (AvgIpc) is 2.72. The molecule has 2 rings (SSSR count). The van der Waals surface area contributed by atoms with E-state index < -0.39 is 9.84 Å². The van der Waals surface area contributed by atoms with Crippen LogP contribution in [0.25, 0.3) is 0 Å². The molecule has 1 aromatic heterocycles. The van der Waals surface area contributed by atoms with Crippen LogP contribution in [0.3, 0.4) is 0 Å². The molecule has 0 unspecified atom stereocenters. The predicted octanol–water partition coefficient (Wildman–Crippen LogP) is 2.39. The number of nitrogens with zero attached hydrogens (tertiary/aromatic N) is 1. The number of nitrogens with one attached hydrogen (secondary N) is 2. The van der Waals surface area contributed by atoms with Crippen LogP contribution in [0.4, 0.5) is 5.69 Å². The third-order valence-electron chi connectivity index (χ3n) is 2.77. The highest BCUT2D eigenvalue weighted by atomic mass is 35.5. The van der Waals surface area contributed by atoms with Crippen LogP contribution in [0.1, 0.15) is 11.3 Å².